The minimum atomic E-state index is -3.72. The zero-order valence-corrected chi connectivity index (χ0v) is 15.1. The van der Waals surface area contributed by atoms with Gasteiger partial charge >= 0.3 is 13.8 Å². The maximum Gasteiger partial charge on any atom is 0.475 e. The van der Waals surface area contributed by atoms with E-state index < -0.39 is 25.2 Å². The Morgan fingerprint density at radius 1 is 1.42 bits per heavy atom. The molecule has 0 aromatic heterocycles. The van der Waals surface area contributed by atoms with E-state index in [1.54, 1.807) is 13.8 Å². The van der Waals surface area contributed by atoms with E-state index in [1.807, 2.05) is 0 Å². The summed E-state index contributed by atoms with van der Waals surface area (Å²) in [4.78, 5) is 24.0. The molecule has 2 rings (SSSR count). The summed E-state index contributed by atoms with van der Waals surface area (Å²) < 4.78 is 32.4. The van der Waals surface area contributed by atoms with E-state index in [2.05, 4.69) is 10.6 Å². The molecule has 0 radical (unpaired) electrons. The summed E-state index contributed by atoms with van der Waals surface area (Å²) in [6.07, 6.45) is -0.229. The van der Waals surface area contributed by atoms with Crippen molar-refractivity contribution in [2.45, 2.75) is 38.9 Å². The van der Waals surface area contributed by atoms with E-state index in [4.69, 9.17) is 18.3 Å². The van der Waals surface area contributed by atoms with Crippen LogP contribution in [0.4, 0.5) is 0 Å². The van der Waals surface area contributed by atoms with Crippen LogP contribution in [0.3, 0.4) is 0 Å². The molecule has 2 unspecified atom stereocenters. The number of hydrogen-bond acceptors (Lipinski definition) is 8. The fourth-order valence-corrected chi connectivity index (χ4v) is 3.86. The highest BCUT2D eigenvalue weighted by Gasteiger charge is 2.48. The molecule has 138 valence electrons. The SMILES string of the molecule is COP1(=O)OCC(C)(C)[C@H](C(=O)NCCC(=O)OC2CCNC2)O1. The van der Waals surface area contributed by atoms with Gasteiger partial charge < -0.3 is 15.4 Å². The van der Waals surface area contributed by atoms with Crippen LogP contribution < -0.4 is 10.6 Å². The molecule has 0 spiro atoms. The Hall–Kier alpha value is -0.990. The van der Waals surface area contributed by atoms with E-state index in [-0.39, 0.29) is 31.6 Å². The Balaban J connectivity index is 1.79. The number of carbonyl (C=O) groups excluding carboxylic acids is 2. The van der Waals surface area contributed by atoms with Crippen molar-refractivity contribution in [3.05, 3.63) is 0 Å². The molecule has 10 heteroatoms. The minimum Gasteiger partial charge on any atom is -0.461 e. The van der Waals surface area contributed by atoms with Gasteiger partial charge in [-0.05, 0) is 13.0 Å². The predicted octanol–water partition coefficient (Wildman–Crippen LogP) is 0.594. The van der Waals surface area contributed by atoms with Crippen LogP contribution in [0.15, 0.2) is 0 Å². The van der Waals surface area contributed by atoms with Crippen molar-refractivity contribution in [1.29, 1.82) is 0 Å². The van der Waals surface area contributed by atoms with Gasteiger partial charge in [0.25, 0.3) is 0 Å². The third-order valence-corrected chi connectivity index (χ3v) is 5.30. The summed E-state index contributed by atoms with van der Waals surface area (Å²) in [5, 5.41) is 5.72. The normalized spacial score (nSPS) is 32.3. The summed E-state index contributed by atoms with van der Waals surface area (Å²) in [6.45, 7) is 5.20. The lowest BCUT2D eigenvalue weighted by atomic mass is 9.87. The highest BCUT2D eigenvalue weighted by Crippen LogP contribution is 2.56. The fourth-order valence-electron chi connectivity index (χ4n) is 2.48. The molecule has 0 bridgehead atoms. The average molecular weight is 364 g/mol. The van der Waals surface area contributed by atoms with Gasteiger partial charge in [-0.3, -0.25) is 23.2 Å². The number of amides is 1. The van der Waals surface area contributed by atoms with Gasteiger partial charge in [-0.1, -0.05) is 13.8 Å². The van der Waals surface area contributed by atoms with Crippen LogP contribution in [0.25, 0.3) is 0 Å². The molecule has 2 fully saturated rings. The fraction of sp³-hybridized carbons (Fsp3) is 0.857. The van der Waals surface area contributed by atoms with Crippen LogP contribution in [-0.4, -0.2) is 57.4 Å². The van der Waals surface area contributed by atoms with Crippen LogP contribution >= 0.6 is 7.82 Å². The van der Waals surface area contributed by atoms with Crippen LogP contribution in [0, 0.1) is 5.41 Å². The molecule has 2 heterocycles. The number of ether oxygens (including phenoxy) is 1. The summed E-state index contributed by atoms with van der Waals surface area (Å²) in [7, 11) is -2.52. The number of esters is 1. The average Bonchev–Trinajstić information content (AvgIpc) is 3.02. The van der Waals surface area contributed by atoms with Crippen molar-refractivity contribution in [2.24, 2.45) is 5.41 Å². The molecule has 2 N–H and O–H groups in total. The van der Waals surface area contributed by atoms with Crippen molar-refractivity contribution in [1.82, 2.24) is 10.6 Å². The third kappa shape index (κ3) is 5.00. The number of carbonyl (C=O) groups is 2. The van der Waals surface area contributed by atoms with E-state index in [1.165, 1.54) is 7.11 Å². The Labute approximate surface area is 141 Å². The van der Waals surface area contributed by atoms with Crippen LogP contribution in [0.1, 0.15) is 26.7 Å². The topological polar surface area (TPSA) is 112 Å². The Morgan fingerprint density at radius 2 is 2.17 bits per heavy atom. The second-order valence-electron chi connectivity index (χ2n) is 6.52. The second kappa shape index (κ2) is 7.93. The molecule has 2 saturated heterocycles. The molecule has 1 amide bonds. The molecule has 0 aliphatic carbocycles. The summed E-state index contributed by atoms with van der Waals surface area (Å²) in [5.41, 5.74) is -0.674. The van der Waals surface area contributed by atoms with Gasteiger partial charge in [0.2, 0.25) is 5.91 Å². The molecule has 2 aliphatic rings. The van der Waals surface area contributed by atoms with Gasteiger partial charge in [0.05, 0.1) is 13.0 Å². The minimum absolute atomic E-state index is 0.0624. The number of phosphoric ester groups is 1. The number of nitrogens with one attached hydrogen (secondary N) is 2. The number of phosphoric acid groups is 1. The molecule has 3 atom stereocenters. The zero-order chi connectivity index (χ0) is 17.8. The Kier molecular flexibility index (Phi) is 6.39. The zero-order valence-electron chi connectivity index (χ0n) is 14.2. The largest absolute Gasteiger partial charge is 0.475 e. The van der Waals surface area contributed by atoms with Crippen molar-refractivity contribution in [3.63, 3.8) is 0 Å². The first kappa shape index (κ1) is 19.3. The van der Waals surface area contributed by atoms with Gasteiger partial charge in [-0.25, -0.2) is 4.57 Å². The summed E-state index contributed by atoms with van der Waals surface area (Å²) in [5.74, 6) is -0.824. The molecule has 0 aromatic rings. The van der Waals surface area contributed by atoms with Gasteiger partial charge in [0.1, 0.15) is 6.10 Å². The summed E-state index contributed by atoms with van der Waals surface area (Å²) in [6, 6.07) is 0. The lowest BCUT2D eigenvalue weighted by Crippen LogP contribution is -2.49. The second-order valence-corrected chi connectivity index (χ2v) is 8.25. The van der Waals surface area contributed by atoms with Crippen molar-refractivity contribution in [2.75, 3.05) is 33.4 Å². The summed E-state index contributed by atoms with van der Waals surface area (Å²) >= 11 is 0. The maximum absolute atomic E-state index is 12.3. The van der Waals surface area contributed by atoms with Crippen LogP contribution in [0.2, 0.25) is 0 Å². The van der Waals surface area contributed by atoms with E-state index in [9.17, 15) is 14.2 Å². The molecule has 24 heavy (non-hydrogen) atoms. The van der Waals surface area contributed by atoms with E-state index in [0.717, 1.165) is 13.0 Å². The Morgan fingerprint density at radius 3 is 2.79 bits per heavy atom. The first-order chi connectivity index (χ1) is 11.3. The number of rotatable bonds is 6. The highest BCUT2D eigenvalue weighted by atomic mass is 31.2. The lowest BCUT2D eigenvalue weighted by molar-refractivity contribution is -0.148. The third-order valence-electron chi connectivity index (χ3n) is 3.94. The van der Waals surface area contributed by atoms with Crippen molar-refractivity contribution in [3.8, 4) is 0 Å². The van der Waals surface area contributed by atoms with Crippen LogP contribution in [0.5, 0.6) is 0 Å². The molecular weight excluding hydrogens is 339 g/mol. The van der Waals surface area contributed by atoms with Crippen molar-refractivity contribution >= 4 is 19.7 Å². The molecule has 2 aliphatic heterocycles. The van der Waals surface area contributed by atoms with E-state index in [0.29, 0.717) is 6.54 Å². The van der Waals surface area contributed by atoms with Gasteiger partial charge in [-0.2, -0.15) is 0 Å². The quantitative estimate of drug-likeness (QED) is 0.520. The molecule has 9 nitrogen and oxygen atoms in total. The number of hydrogen-bond donors (Lipinski definition) is 2. The maximum atomic E-state index is 12.3. The standard InChI is InChI=1S/C14H25N2O7P/c1-14(2)9-21-24(19,20-3)23-12(14)13(18)16-7-5-11(17)22-10-4-6-15-8-10/h10,12,15H,4-9H2,1-3H3,(H,16,18)/t10?,12-,24?/m0/s1. The Bertz CT molecular complexity index is 519. The highest BCUT2D eigenvalue weighted by molar-refractivity contribution is 7.48. The van der Waals surface area contributed by atoms with Crippen LogP contribution in [-0.2, 0) is 32.5 Å². The van der Waals surface area contributed by atoms with Gasteiger partial charge in [-0.15, -0.1) is 0 Å². The molecule has 0 saturated carbocycles. The molecular formula is C14H25N2O7P. The van der Waals surface area contributed by atoms with Gasteiger partial charge in [0.15, 0.2) is 6.10 Å². The van der Waals surface area contributed by atoms with Gasteiger partial charge in [0, 0.05) is 25.6 Å². The van der Waals surface area contributed by atoms with Crippen molar-refractivity contribution < 1.29 is 32.5 Å². The smallest absolute Gasteiger partial charge is 0.461 e. The lowest BCUT2D eigenvalue weighted by Gasteiger charge is -2.39. The predicted molar refractivity (Wildman–Crippen MR) is 84.2 cm³/mol. The first-order valence-corrected chi connectivity index (χ1v) is 9.38. The molecule has 0 aromatic carbocycles. The van der Waals surface area contributed by atoms with E-state index >= 15 is 0 Å². The first-order valence-electron chi connectivity index (χ1n) is 7.92. The monoisotopic (exact) mass is 364 g/mol.